The van der Waals surface area contributed by atoms with Gasteiger partial charge in [-0.1, -0.05) is 11.6 Å². The predicted octanol–water partition coefficient (Wildman–Crippen LogP) is 3.30. The van der Waals surface area contributed by atoms with Gasteiger partial charge in [0.2, 0.25) is 0 Å². The molecule has 0 atom stereocenters. The lowest BCUT2D eigenvalue weighted by Gasteiger charge is -1.98. The van der Waals surface area contributed by atoms with Crippen molar-refractivity contribution in [3.8, 4) is 0 Å². The SMILES string of the molecule is COC(=O)c1nc2c(Br)cc(Br)cn2c1Cl. The summed E-state index contributed by atoms with van der Waals surface area (Å²) < 4.78 is 7.75. The maximum atomic E-state index is 11.4. The first kappa shape index (κ1) is 11.9. The second-order valence-electron chi connectivity index (χ2n) is 2.94. The lowest BCUT2D eigenvalue weighted by Crippen LogP contribution is -2.02. The average molecular weight is 368 g/mol. The first-order valence-corrected chi connectivity index (χ1v) is 6.12. The molecule has 0 aromatic carbocycles. The molecule has 0 spiro atoms. The average Bonchev–Trinajstić information content (AvgIpc) is 2.56. The number of pyridine rings is 1. The third kappa shape index (κ3) is 1.85. The van der Waals surface area contributed by atoms with Crippen LogP contribution in [0.3, 0.4) is 0 Å². The molecule has 0 radical (unpaired) electrons. The molecule has 16 heavy (non-hydrogen) atoms. The van der Waals surface area contributed by atoms with E-state index >= 15 is 0 Å². The van der Waals surface area contributed by atoms with Crippen molar-refractivity contribution in [3.63, 3.8) is 0 Å². The highest BCUT2D eigenvalue weighted by Crippen LogP contribution is 2.27. The second-order valence-corrected chi connectivity index (χ2v) is 5.07. The van der Waals surface area contributed by atoms with Crippen molar-refractivity contribution >= 4 is 55.1 Å². The molecule has 0 aliphatic heterocycles. The van der Waals surface area contributed by atoms with E-state index in [2.05, 4.69) is 41.6 Å². The number of rotatable bonds is 1. The van der Waals surface area contributed by atoms with Gasteiger partial charge in [-0.25, -0.2) is 9.78 Å². The zero-order valence-corrected chi connectivity index (χ0v) is 11.9. The maximum absolute atomic E-state index is 11.4. The Kier molecular flexibility index (Phi) is 3.23. The van der Waals surface area contributed by atoms with E-state index in [0.29, 0.717) is 5.65 Å². The molecule has 0 bridgehead atoms. The van der Waals surface area contributed by atoms with Crippen LogP contribution < -0.4 is 0 Å². The molecule has 2 heterocycles. The van der Waals surface area contributed by atoms with Gasteiger partial charge >= 0.3 is 5.97 Å². The molecule has 84 valence electrons. The normalized spacial score (nSPS) is 10.8. The molecule has 0 amide bonds. The van der Waals surface area contributed by atoms with E-state index in [-0.39, 0.29) is 10.8 Å². The fourth-order valence-corrected chi connectivity index (χ4v) is 2.79. The predicted molar refractivity (Wildman–Crippen MR) is 66.9 cm³/mol. The number of nitrogens with zero attached hydrogens (tertiary/aromatic N) is 2. The van der Waals surface area contributed by atoms with Crippen LogP contribution in [0, 0.1) is 0 Å². The number of imidazole rings is 1. The highest BCUT2D eigenvalue weighted by atomic mass is 79.9. The number of carbonyl (C=O) groups excluding carboxylic acids is 1. The van der Waals surface area contributed by atoms with E-state index in [1.165, 1.54) is 7.11 Å². The Morgan fingerprint density at radius 2 is 2.25 bits per heavy atom. The summed E-state index contributed by atoms with van der Waals surface area (Å²) in [5, 5.41) is 0.226. The zero-order chi connectivity index (χ0) is 11.9. The first-order valence-electron chi connectivity index (χ1n) is 4.15. The Bertz CT molecular complexity index is 582. The van der Waals surface area contributed by atoms with Crippen molar-refractivity contribution in [3.05, 3.63) is 32.1 Å². The minimum absolute atomic E-state index is 0.1000. The Hall–Kier alpha value is -0.590. The number of halogens is 3. The number of aromatic nitrogens is 2. The number of hydrogen-bond donors (Lipinski definition) is 0. The molecule has 0 saturated carbocycles. The van der Waals surface area contributed by atoms with Crippen LogP contribution in [0.2, 0.25) is 5.15 Å². The monoisotopic (exact) mass is 366 g/mol. The van der Waals surface area contributed by atoms with Gasteiger partial charge < -0.3 is 4.74 Å². The maximum Gasteiger partial charge on any atom is 0.359 e. The molecule has 2 aromatic rings. The number of hydrogen-bond acceptors (Lipinski definition) is 3. The molecule has 0 aliphatic rings. The van der Waals surface area contributed by atoms with Crippen LogP contribution in [-0.4, -0.2) is 22.5 Å². The van der Waals surface area contributed by atoms with Gasteiger partial charge in [-0.15, -0.1) is 0 Å². The number of esters is 1. The van der Waals surface area contributed by atoms with E-state index in [4.69, 9.17) is 11.6 Å². The van der Waals surface area contributed by atoms with Crippen LogP contribution >= 0.6 is 43.5 Å². The van der Waals surface area contributed by atoms with Gasteiger partial charge in [0.25, 0.3) is 0 Å². The van der Waals surface area contributed by atoms with Crippen molar-refractivity contribution in [2.24, 2.45) is 0 Å². The lowest BCUT2D eigenvalue weighted by molar-refractivity contribution is 0.0595. The standard InChI is InChI=1S/C9H5Br2ClN2O2/c1-16-9(15)6-7(12)14-3-4(10)2-5(11)8(14)13-6/h2-3H,1H3. The third-order valence-corrected chi connectivity index (χ3v) is 3.34. The molecule has 2 aromatic heterocycles. The molecule has 0 fully saturated rings. The third-order valence-electron chi connectivity index (χ3n) is 1.96. The Balaban J connectivity index is 2.77. The van der Waals surface area contributed by atoms with Crippen LogP contribution in [0.5, 0.6) is 0 Å². The van der Waals surface area contributed by atoms with Crippen molar-refractivity contribution in [1.29, 1.82) is 0 Å². The quantitative estimate of drug-likeness (QED) is 0.726. The minimum Gasteiger partial charge on any atom is -0.464 e. The number of ether oxygens (including phenoxy) is 1. The molecule has 0 unspecified atom stereocenters. The fraction of sp³-hybridized carbons (Fsp3) is 0.111. The van der Waals surface area contributed by atoms with E-state index in [1.54, 1.807) is 10.6 Å². The van der Waals surface area contributed by atoms with Crippen LogP contribution in [0.1, 0.15) is 10.5 Å². The van der Waals surface area contributed by atoms with Crippen molar-refractivity contribution < 1.29 is 9.53 Å². The summed E-state index contributed by atoms with van der Waals surface area (Å²) in [4.78, 5) is 15.5. The minimum atomic E-state index is -0.559. The van der Waals surface area contributed by atoms with Gasteiger partial charge in [0, 0.05) is 10.7 Å². The molecule has 2 rings (SSSR count). The van der Waals surface area contributed by atoms with Gasteiger partial charge in [-0.05, 0) is 37.9 Å². The number of methoxy groups -OCH3 is 1. The topological polar surface area (TPSA) is 43.6 Å². The highest BCUT2D eigenvalue weighted by molar-refractivity contribution is 9.11. The molecule has 0 saturated heterocycles. The van der Waals surface area contributed by atoms with Gasteiger partial charge in [0.15, 0.2) is 11.3 Å². The fourth-order valence-electron chi connectivity index (χ4n) is 1.27. The van der Waals surface area contributed by atoms with Crippen LogP contribution in [0.15, 0.2) is 21.2 Å². The number of carbonyl (C=O) groups is 1. The molecule has 0 aliphatic carbocycles. The lowest BCUT2D eigenvalue weighted by atomic mass is 10.5. The Labute approximate surface area is 113 Å². The summed E-state index contributed by atoms with van der Waals surface area (Å²) in [6.45, 7) is 0. The van der Waals surface area contributed by atoms with Crippen molar-refractivity contribution in [2.45, 2.75) is 0 Å². The van der Waals surface area contributed by atoms with Gasteiger partial charge in [0.1, 0.15) is 5.15 Å². The second kappa shape index (κ2) is 4.35. The molecular formula is C9H5Br2ClN2O2. The van der Waals surface area contributed by atoms with E-state index in [0.717, 1.165) is 8.95 Å². The first-order chi connectivity index (χ1) is 7.54. The number of fused-ring (bicyclic) bond motifs is 1. The van der Waals surface area contributed by atoms with Crippen molar-refractivity contribution in [1.82, 2.24) is 9.38 Å². The van der Waals surface area contributed by atoms with Gasteiger partial charge in [-0.2, -0.15) is 0 Å². The van der Waals surface area contributed by atoms with Crippen molar-refractivity contribution in [2.75, 3.05) is 7.11 Å². The van der Waals surface area contributed by atoms with Crippen LogP contribution in [0.4, 0.5) is 0 Å². The largest absolute Gasteiger partial charge is 0.464 e. The summed E-state index contributed by atoms with van der Waals surface area (Å²) in [6.07, 6.45) is 1.72. The van der Waals surface area contributed by atoms with Gasteiger partial charge in [0.05, 0.1) is 11.6 Å². The summed E-state index contributed by atoms with van der Waals surface area (Å²) >= 11 is 12.7. The Morgan fingerprint density at radius 3 is 2.88 bits per heavy atom. The Morgan fingerprint density at radius 1 is 1.56 bits per heavy atom. The summed E-state index contributed by atoms with van der Waals surface area (Å²) in [6, 6.07) is 1.82. The summed E-state index contributed by atoms with van der Waals surface area (Å²) in [5.74, 6) is -0.559. The zero-order valence-electron chi connectivity index (χ0n) is 8.00. The van der Waals surface area contributed by atoms with E-state index < -0.39 is 5.97 Å². The highest BCUT2D eigenvalue weighted by Gasteiger charge is 2.19. The molecule has 0 N–H and O–H groups in total. The van der Waals surface area contributed by atoms with E-state index in [1.807, 2.05) is 6.07 Å². The van der Waals surface area contributed by atoms with Gasteiger partial charge in [-0.3, -0.25) is 4.40 Å². The van der Waals surface area contributed by atoms with Crippen LogP contribution in [-0.2, 0) is 4.74 Å². The summed E-state index contributed by atoms with van der Waals surface area (Å²) in [5.41, 5.74) is 0.663. The molecule has 4 nitrogen and oxygen atoms in total. The smallest absolute Gasteiger partial charge is 0.359 e. The van der Waals surface area contributed by atoms with E-state index in [9.17, 15) is 4.79 Å². The molecule has 7 heteroatoms. The summed E-state index contributed by atoms with van der Waals surface area (Å²) in [7, 11) is 1.29. The molecular weight excluding hydrogens is 363 g/mol. The van der Waals surface area contributed by atoms with Crippen LogP contribution in [0.25, 0.3) is 5.65 Å².